The summed E-state index contributed by atoms with van der Waals surface area (Å²) in [4.78, 5) is 42.0. The smallest absolute Gasteiger partial charge is 0.269 e. The number of hydrogen-bond acceptors (Lipinski definition) is 6. The summed E-state index contributed by atoms with van der Waals surface area (Å²) in [5, 5.41) is 13.4. The number of halogens is 1. The summed E-state index contributed by atoms with van der Waals surface area (Å²) in [6.45, 7) is 0.626. The molecule has 1 fully saturated rings. The predicted octanol–water partition coefficient (Wildman–Crippen LogP) is 1.64. The highest BCUT2D eigenvalue weighted by atomic mass is 35.5. The van der Waals surface area contributed by atoms with Gasteiger partial charge in [-0.15, -0.1) is 0 Å². The van der Waals surface area contributed by atoms with Crippen LogP contribution in [-0.2, 0) is 9.59 Å². The van der Waals surface area contributed by atoms with Crippen molar-refractivity contribution in [3.63, 3.8) is 0 Å². The lowest BCUT2D eigenvalue weighted by Crippen LogP contribution is -2.46. The molecule has 0 saturated carbocycles. The monoisotopic (exact) mass is 446 g/mol. The molecule has 1 aromatic carbocycles. The van der Waals surface area contributed by atoms with Gasteiger partial charge in [-0.2, -0.15) is 5.10 Å². The van der Waals surface area contributed by atoms with Crippen LogP contribution < -0.4 is 16.2 Å². The van der Waals surface area contributed by atoms with E-state index >= 15 is 0 Å². The Morgan fingerprint density at radius 3 is 2.87 bits per heavy atom. The van der Waals surface area contributed by atoms with Crippen LogP contribution >= 0.6 is 23.4 Å². The second-order valence-electron chi connectivity index (χ2n) is 6.84. The second-order valence-corrected chi connectivity index (χ2v) is 8.22. The van der Waals surface area contributed by atoms with Crippen molar-refractivity contribution >= 4 is 46.2 Å². The Morgan fingerprint density at radius 2 is 2.07 bits per heavy atom. The lowest BCUT2D eigenvalue weighted by Gasteiger charge is -2.15. The van der Waals surface area contributed by atoms with E-state index in [9.17, 15) is 14.4 Å². The molecule has 3 N–H and O–H groups in total. The third kappa shape index (κ3) is 4.34. The third-order valence-electron chi connectivity index (χ3n) is 4.74. The van der Waals surface area contributed by atoms with Crippen LogP contribution in [-0.4, -0.2) is 49.9 Å². The van der Waals surface area contributed by atoms with Crippen molar-refractivity contribution in [3.8, 4) is 5.69 Å². The SMILES string of the molecule is O=C(CSc1nc2[nH]ncc2c(=O)n1-c1ccc(Cl)cc1)NC1CCCCNC1=O. The van der Waals surface area contributed by atoms with Gasteiger partial charge in [0, 0.05) is 11.6 Å². The number of carbonyl (C=O) groups is 2. The summed E-state index contributed by atoms with van der Waals surface area (Å²) in [6.07, 6.45) is 3.79. The summed E-state index contributed by atoms with van der Waals surface area (Å²) >= 11 is 7.08. The lowest BCUT2D eigenvalue weighted by atomic mass is 10.1. The van der Waals surface area contributed by atoms with E-state index in [1.807, 2.05) is 0 Å². The molecule has 0 spiro atoms. The molecule has 1 saturated heterocycles. The number of H-pyrrole nitrogens is 1. The number of carbonyl (C=O) groups excluding carboxylic acids is 2. The van der Waals surface area contributed by atoms with E-state index in [1.165, 1.54) is 10.8 Å². The van der Waals surface area contributed by atoms with Crippen molar-refractivity contribution in [3.05, 3.63) is 45.8 Å². The third-order valence-corrected chi connectivity index (χ3v) is 5.93. The highest BCUT2D eigenvalue weighted by Gasteiger charge is 2.23. The van der Waals surface area contributed by atoms with Gasteiger partial charge in [-0.1, -0.05) is 23.4 Å². The van der Waals surface area contributed by atoms with E-state index < -0.39 is 6.04 Å². The molecule has 30 heavy (non-hydrogen) atoms. The molecule has 0 aliphatic carbocycles. The number of nitrogens with zero attached hydrogens (tertiary/aromatic N) is 3. The van der Waals surface area contributed by atoms with Gasteiger partial charge in [0.25, 0.3) is 5.56 Å². The number of aromatic nitrogens is 4. The lowest BCUT2D eigenvalue weighted by molar-refractivity contribution is -0.127. The standard InChI is InChI=1S/C19H19ClN6O3S/c20-11-4-6-12(7-5-11)26-18(29)13-9-22-25-16(13)24-19(26)30-10-15(27)23-14-3-1-2-8-21-17(14)28/h4-7,9,14H,1-3,8,10H2,(H,21,28)(H,22,25)(H,23,27). The molecule has 2 aromatic heterocycles. The first kappa shape index (κ1) is 20.4. The Bertz CT molecular complexity index is 1140. The number of rotatable bonds is 5. The number of amides is 2. The van der Waals surface area contributed by atoms with Crippen LogP contribution in [0.1, 0.15) is 19.3 Å². The van der Waals surface area contributed by atoms with Crippen LogP contribution in [0.4, 0.5) is 0 Å². The number of fused-ring (bicyclic) bond motifs is 1. The number of hydrogen-bond donors (Lipinski definition) is 3. The summed E-state index contributed by atoms with van der Waals surface area (Å²) in [5.41, 5.74) is 0.615. The van der Waals surface area contributed by atoms with Crippen molar-refractivity contribution in [1.82, 2.24) is 30.4 Å². The van der Waals surface area contributed by atoms with Crippen LogP contribution in [0, 0.1) is 0 Å². The molecule has 3 heterocycles. The maximum atomic E-state index is 13.0. The zero-order valence-electron chi connectivity index (χ0n) is 15.9. The highest BCUT2D eigenvalue weighted by Crippen LogP contribution is 2.21. The van der Waals surface area contributed by atoms with Crippen LogP contribution in [0.5, 0.6) is 0 Å². The molecular weight excluding hydrogens is 428 g/mol. The first-order chi connectivity index (χ1) is 14.5. The van der Waals surface area contributed by atoms with Gasteiger partial charge < -0.3 is 10.6 Å². The summed E-state index contributed by atoms with van der Waals surface area (Å²) in [7, 11) is 0. The molecule has 3 aromatic rings. The number of benzene rings is 1. The summed E-state index contributed by atoms with van der Waals surface area (Å²) in [5.74, 6) is -0.465. The molecule has 4 rings (SSSR count). The predicted molar refractivity (Wildman–Crippen MR) is 114 cm³/mol. The molecule has 9 nitrogen and oxygen atoms in total. The van der Waals surface area contributed by atoms with E-state index in [1.54, 1.807) is 24.3 Å². The van der Waals surface area contributed by atoms with Gasteiger partial charge in [0.2, 0.25) is 11.8 Å². The first-order valence-corrected chi connectivity index (χ1v) is 10.8. The van der Waals surface area contributed by atoms with E-state index in [2.05, 4.69) is 25.8 Å². The molecule has 11 heteroatoms. The van der Waals surface area contributed by atoms with Gasteiger partial charge in [-0.25, -0.2) is 4.98 Å². The van der Waals surface area contributed by atoms with Crippen molar-refractivity contribution in [1.29, 1.82) is 0 Å². The molecule has 1 aliphatic rings. The van der Waals surface area contributed by atoms with E-state index in [4.69, 9.17) is 11.6 Å². The van der Waals surface area contributed by atoms with Gasteiger partial charge in [0.15, 0.2) is 10.8 Å². The van der Waals surface area contributed by atoms with Gasteiger partial charge in [0.1, 0.15) is 11.4 Å². The molecular formula is C19H19ClN6O3S. The van der Waals surface area contributed by atoms with Crippen molar-refractivity contribution in [2.45, 2.75) is 30.5 Å². The van der Waals surface area contributed by atoms with Crippen molar-refractivity contribution < 1.29 is 9.59 Å². The van der Waals surface area contributed by atoms with Gasteiger partial charge in [-0.3, -0.25) is 24.0 Å². The summed E-state index contributed by atoms with van der Waals surface area (Å²) < 4.78 is 1.42. The number of thioether (sulfide) groups is 1. The fourth-order valence-electron chi connectivity index (χ4n) is 3.23. The van der Waals surface area contributed by atoms with Gasteiger partial charge in [-0.05, 0) is 43.5 Å². The topological polar surface area (TPSA) is 122 Å². The van der Waals surface area contributed by atoms with Crippen LogP contribution in [0.3, 0.4) is 0 Å². The van der Waals surface area contributed by atoms with Crippen LogP contribution in [0.15, 0.2) is 40.4 Å². The zero-order chi connectivity index (χ0) is 21.1. The molecule has 1 unspecified atom stereocenters. The van der Waals surface area contributed by atoms with E-state index in [0.29, 0.717) is 39.9 Å². The minimum absolute atomic E-state index is 0.00343. The number of aromatic amines is 1. The summed E-state index contributed by atoms with van der Waals surface area (Å²) in [6, 6.07) is 6.22. The zero-order valence-corrected chi connectivity index (χ0v) is 17.4. The average molecular weight is 447 g/mol. The molecule has 0 bridgehead atoms. The van der Waals surface area contributed by atoms with E-state index in [0.717, 1.165) is 24.6 Å². The molecule has 0 radical (unpaired) electrons. The largest absolute Gasteiger partial charge is 0.354 e. The quantitative estimate of drug-likeness (QED) is 0.404. The molecule has 1 atom stereocenters. The highest BCUT2D eigenvalue weighted by molar-refractivity contribution is 7.99. The maximum absolute atomic E-state index is 13.0. The second kappa shape index (κ2) is 8.88. The normalized spacial score (nSPS) is 16.8. The molecule has 156 valence electrons. The Morgan fingerprint density at radius 1 is 1.27 bits per heavy atom. The van der Waals surface area contributed by atoms with Crippen LogP contribution in [0.2, 0.25) is 5.02 Å². The molecule has 1 aliphatic heterocycles. The van der Waals surface area contributed by atoms with Crippen molar-refractivity contribution in [2.24, 2.45) is 0 Å². The molecule has 2 amide bonds. The Balaban J connectivity index is 1.58. The first-order valence-electron chi connectivity index (χ1n) is 9.45. The Kier molecular flexibility index (Phi) is 6.05. The van der Waals surface area contributed by atoms with Crippen molar-refractivity contribution in [2.75, 3.05) is 12.3 Å². The van der Waals surface area contributed by atoms with Gasteiger partial charge in [0.05, 0.1) is 17.6 Å². The maximum Gasteiger partial charge on any atom is 0.269 e. The average Bonchev–Trinajstić information content (AvgIpc) is 3.12. The minimum Gasteiger partial charge on any atom is -0.354 e. The van der Waals surface area contributed by atoms with Crippen LogP contribution in [0.25, 0.3) is 16.7 Å². The minimum atomic E-state index is -0.540. The van der Waals surface area contributed by atoms with Gasteiger partial charge >= 0.3 is 0 Å². The fourth-order valence-corrected chi connectivity index (χ4v) is 4.17. The fraction of sp³-hybridized carbons (Fsp3) is 0.316. The van der Waals surface area contributed by atoms with E-state index in [-0.39, 0.29) is 23.1 Å². The number of nitrogens with one attached hydrogen (secondary N) is 3. The Hall–Kier alpha value is -2.85. The Labute approximate surface area is 180 Å².